The van der Waals surface area contributed by atoms with Gasteiger partial charge in [0.15, 0.2) is 0 Å². The zero-order valence-electron chi connectivity index (χ0n) is 21.9. The molecule has 9 heteroatoms. The first kappa shape index (κ1) is 25.2. The monoisotopic (exact) mass is 545 g/mol. The Morgan fingerprint density at radius 3 is 2.41 bits per heavy atom. The largest absolute Gasteiger partial charge is 0.497 e. The number of H-pyrrole nitrogens is 1. The fourth-order valence-electron chi connectivity index (χ4n) is 4.94. The van der Waals surface area contributed by atoms with Gasteiger partial charge in [-0.05, 0) is 79.3 Å². The molecule has 39 heavy (non-hydrogen) atoms. The maximum absolute atomic E-state index is 13.7. The maximum atomic E-state index is 13.7. The first-order valence-corrected chi connectivity index (χ1v) is 14.5. The molecule has 3 aromatic carbocycles. The minimum absolute atomic E-state index is 0.170. The van der Waals surface area contributed by atoms with E-state index < -0.39 is 10.0 Å². The van der Waals surface area contributed by atoms with E-state index in [2.05, 4.69) is 9.97 Å². The lowest BCUT2D eigenvalue weighted by atomic mass is 10.0. The van der Waals surface area contributed by atoms with Gasteiger partial charge in [-0.25, -0.2) is 17.8 Å². The van der Waals surface area contributed by atoms with E-state index in [4.69, 9.17) is 9.15 Å². The SMILES string of the molecule is COc1ccc(CN(c2cc3oc(-c4ccc(F)cc4)c(-c4ncc(C)[nH]4)c3cc2C2CC2)S(C)(=O)=O)cc1. The maximum Gasteiger partial charge on any atom is 0.232 e. The van der Waals surface area contributed by atoms with Crippen LogP contribution < -0.4 is 9.04 Å². The Morgan fingerprint density at radius 1 is 1.10 bits per heavy atom. The number of halogens is 1. The van der Waals surface area contributed by atoms with Gasteiger partial charge in [-0.1, -0.05) is 12.1 Å². The van der Waals surface area contributed by atoms with Crippen LogP contribution in [0.15, 0.2) is 71.3 Å². The number of furan rings is 1. The molecule has 2 heterocycles. The summed E-state index contributed by atoms with van der Waals surface area (Å²) < 4.78 is 53.2. The molecule has 1 fully saturated rings. The van der Waals surface area contributed by atoms with Crippen LogP contribution in [0.2, 0.25) is 0 Å². The minimum Gasteiger partial charge on any atom is -0.497 e. The Hall–Kier alpha value is -4.11. The van der Waals surface area contributed by atoms with E-state index in [0.717, 1.165) is 40.6 Å². The lowest BCUT2D eigenvalue weighted by Gasteiger charge is -2.25. The van der Waals surface area contributed by atoms with Crippen molar-refractivity contribution < 1.29 is 22.0 Å². The van der Waals surface area contributed by atoms with E-state index >= 15 is 0 Å². The van der Waals surface area contributed by atoms with Crippen LogP contribution in [0.5, 0.6) is 5.75 Å². The van der Waals surface area contributed by atoms with Crippen LogP contribution in [0.4, 0.5) is 10.1 Å². The number of sulfonamides is 1. The second kappa shape index (κ2) is 9.57. The molecule has 7 nitrogen and oxygen atoms in total. The number of rotatable bonds is 8. The Bertz CT molecular complexity index is 1770. The quantitative estimate of drug-likeness (QED) is 0.232. The lowest BCUT2D eigenvalue weighted by Crippen LogP contribution is -2.30. The molecule has 5 aromatic rings. The fraction of sp³-hybridized carbons (Fsp3) is 0.233. The van der Waals surface area contributed by atoms with Crippen molar-refractivity contribution in [2.75, 3.05) is 17.7 Å². The minimum atomic E-state index is -3.64. The average molecular weight is 546 g/mol. The Morgan fingerprint density at radius 2 is 1.82 bits per heavy atom. The van der Waals surface area contributed by atoms with E-state index in [9.17, 15) is 12.8 Å². The standard InChI is InChI=1S/C30H28FN3O4S/c1-18-16-32-30(33-18)28-25-14-24(20-6-7-20)26(15-27(25)38-29(28)21-8-10-22(31)11-9-21)34(39(3,35)36)17-19-4-12-23(37-2)13-5-19/h4-5,8-16,20H,6-7,17H2,1-3H3,(H,32,33). The topological polar surface area (TPSA) is 88.4 Å². The molecular weight excluding hydrogens is 517 g/mol. The number of nitrogens with zero attached hydrogens (tertiary/aromatic N) is 2. The molecule has 1 N–H and O–H groups in total. The molecule has 1 aliphatic rings. The Labute approximate surface area is 226 Å². The molecule has 0 amide bonds. The Balaban J connectivity index is 1.56. The molecular formula is C30H28FN3O4S. The molecule has 1 aliphatic carbocycles. The van der Waals surface area contributed by atoms with Gasteiger partial charge in [0.1, 0.15) is 28.7 Å². The summed E-state index contributed by atoms with van der Waals surface area (Å²) in [7, 11) is -2.04. The van der Waals surface area contributed by atoms with Gasteiger partial charge in [0.2, 0.25) is 10.0 Å². The van der Waals surface area contributed by atoms with Crippen molar-refractivity contribution in [2.24, 2.45) is 0 Å². The number of aromatic nitrogens is 2. The molecule has 0 aliphatic heterocycles. The number of benzene rings is 3. The van der Waals surface area contributed by atoms with Crippen molar-refractivity contribution in [1.82, 2.24) is 9.97 Å². The van der Waals surface area contributed by atoms with Gasteiger partial charge in [0, 0.05) is 28.9 Å². The van der Waals surface area contributed by atoms with Crippen molar-refractivity contribution in [1.29, 1.82) is 0 Å². The number of anilines is 1. The zero-order valence-corrected chi connectivity index (χ0v) is 22.7. The van der Waals surface area contributed by atoms with E-state index in [-0.39, 0.29) is 18.3 Å². The number of ether oxygens (including phenoxy) is 1. The smallest absolute Gasteiger partial charge is 0.232 e. The van der Waals surface area contributed by atoms with Crippen molar-refractivity contribution in [3.63, 3.8) is 0 Å². The number of hydrogen-bond acceptors (Lipinski definition) is 5. The fourth-order valence-corrected chi connectivity index (χ4v) is 5.84. The number of fused-ring (bicyclic) bond motifs is 1. The third-order valence-corrected chi connectivity index (χ3v) is 8.18. The van der Waals surface area contributed by atoms with Crippen molar-refractivity contribution in [2.45, 2.75) is 32.2 Å². The third kappa shape index (κ3) is 4.90. The summed E-state index contributed by atoms with van der Waals surface area (Å²) in [5.41, 5.74) is 5.28. The van der Waals surface area contributed by atoms with Gasteiger partial charge in [-0.15, -0.1) is 0 Å². The lowest BCUT2D eigenvalue weighted by molar-refractivity contribution is 0.414. The van der Waals surface area contributed by atoms with Crippen molar-refractivity contribution in [3.05, 3.63) is 89.5 Å². The Kier molecular flexibility index (Phi) is 6.18. The summed E-state index contributed by atoms with van der Waals surface area (Å²) in [5, 5.41) is 0.826. The highest BCUT2D eigenvalue weighted by Crippen LogP contribution is 2.49. The summed E-state index contributed by atoms with van der Waals surface area (Å²) in [5.74, 6) is 1.79. The van der Waals surface area contributed by atoms with Crippen LogP contribution in [0, 0.1) is 12.7 Å². The predicted octanol–water partition coefficient (Wildman–Crippen LogP) is 6.79. The number of methoxy groups -OCH3 is 1. The molecule has 0 bridgehead atoms. The van der Waals surface area contributed by atoms with E-state index in [1.54, 1.807) is 25.4 Å². The van der Waals surface area contributed by atoms with Crippen LogP contribution >= 0.6 is 0 Å². The van der Waals surface area contributed by atoms with E-state index in [1.807, 2.05) is 43.3 Å². The molecule has 2 aromatic heterocycles. The summed E-state index contributed by atoms with van der Waals surface area (Å²) in [6.45, 7) is 2.09. The van der Waals surface area contributed by atoms with Gasteiger partial charge < -0.3 is 14.1 Å². The van der Waals surface area contributed by atoms with Crippen LogP contribution in [0.3, 0.4) is 0 Å². The summed E-state index contributed by atoms with van der Waals surface area (Å²) in [6, 6.07) is 17.3. The van der Waals surface area contributed by atoms with Crippen LogP contribution in [-0.2, 0) is 16.6 Å². The van der Waals surface area contributed by atoms with Gasteiger partial charge >= 0.3 is 0 Å². The molecule has 0 spiro atoms. The highest BCUT2D eigenvalue weighted by Gasteiger charge is 2.33. The number of hydrogen-bond donors (Lipinski definition) is 1. The van der Waals surface area contributed by atoms with Gasteiger partial charge in [0.05, 0.1) is 31.2 Å². The summed E-state index contributed by atoms with van der Waals surface area (Å²) in [4.78, 5) is 7.86. The number of aryl methyl sites for hydroxylation is 1. The molecule has 0 atom stereocenters. The highest BCUT2D eigenvalue weighted by atomic mass is 32.2. The normalized spacial score (nSPS) is 13.6. The van der Waals surface area contributed by atoms with Gasteiger partial charge in [-0.2, -0.15) is 0 Å². The molecule has 0 unspecified atom stereocenters. The second-order valence-corrected chi connectivity index (χ2v) is 11.9. The number of imidazole rings is 1. The molecule has 200 valence electrons. The molecule has 0 saturated heterocycles. The van der Waals surface area contributed by atoms with Crippen molar-refractivity contribution in [3.8, 4) is 28.5 Å². The summed E-state index contributed by atoms with van der Waals surface area (Å²) >= 11 is 0. The zero-order chi connectivity index (χ0) is 27.3. The third-order valence-electron chi connectivity index (χ3n) is 7.05. The van der Waals surface area contributed by atoms with Gasteiger partial charge in [0.25, 0.3) is 0 Å². The molecule has 0 radical (unpaired) electrons. The van der Waals surface area contributed by atoms with Crippen molar-refractivity contribution >= 4 is 26.7 Å². The number of nitrogens with one attached hydrogen (secondary N) is 1. The van der Waals surface area contributed by atoms with E-state index in [0.29, 0.717) is 34.2 Å². The van der Waals surface area contributed by atoms with Crippen LogP contribution in [0.25, 0.3) is 33.7 Å². The second-order valence-electron chi connectivity index (χ2n) is 10.0. The predicted molar refractivity (Wildman–Crippen MR) is 150 cm³/mol. The van der Waals surface area contributed by atoms with Crippen LogP contribution in [0.1, 0.15) is 35.6 Å². The van der Waals surface area contributed by atoms with E-state index in [1.165, 1.54) is 22.7 Å². The van der Waals surface area contributed by atoms with Gasteiger partial charge in [-0.3, -0.25) is 4.31 Å². The average Bonchev–Trinajstić information content (AvgIpc) is 3.57. The number of aromatic amines is 1. The van der Waals surface area contributed by atoms with Crippen LogP contribution in [-0.4, -0.2) is 31.8 Å². The summed E-state index contributed by atoms with van der Waals surface area (Å²) in [6.07, 6.45) is 4.94. The molecule has 1 saturated carbocycles. The molecule has 6 rings (SSSR count). The highest BCUT2D eigenvalue weighted by molar-refractivity contribution is 7.92. The first-order valence-electron chi connectivity index (χ1n) is 12.7. The first-order chi connectivity index (χ1) is 18.7.